The van der Waals surface area contributed by atoms with E-state index in [1.807, 2.05) is 13.0 Å². The summed E-state index contributed by atoms with van der Waals surface area (Å²) in [5.74, 6) is 2.43. The van der Waals surface area contributed by atoms with E-state index in [1.54, 1.807) is 0 Å². The molecule has 2 N–H and O–H groups in total. The van der Waals surface area contributed by atoms with Crippen molar-refractivity contribution < 1.29 is 8.42 Å². The van der Waals surface area contributed by atoms with Gasteiger partial charge in [-0.15, -0.1) is 0 Å². The van der Waals surface area contributed by atoms with E-state index in [0.717, 1.165) is 31.6 Å². The van der Waals surface area contributed by atoms with E-state index in [0.29, 0.717) is 23.9 Å². The standard InChI is InChI=1S/C13H22N4O2S/c1-3-6-14-12-8-13(17-10(2)16-12)15-9-11-5-4-7-20(11,18)19/h8,11H,3-7,9H2,1-2H3,(H2,14,15,16,17). The minimum atomic E-state index is -2.91. The molecule has 0 radical (unpaired) electrons. The Kier molecular flexibility index (Phi) is 4.80. The number of hydrogen-bond acceptors (Lipinski definition) is 6. The summed E-state index contributed by atoms with van der Waals surface area (Å²) in [5.41, 5.74) is 0. The zero-order valence-corrected chi connectivity index (χ0v) is 12.8. The predicted octanol–water partition coefficient (Wildman–Crippen LogP) is 1.60. The molecule has 1 aliphatic rings. The molecule has 20 heavy (non-hydrogen) atoms. The lowest BCUT2D eigenvalue weighted by atomic mass is 10.2. The first kappa shape index (κ1) is 15.0. The summed E-state index contributed by atoms with van der Waals surface area (Å²) in [4.78, 5) is 8.59. The number of anilines is 2. The van der Waals surface area contributed by atoms with Crippen molar-refractivity contribution in [3.05, 3.63) is 11.9 Å². The Morgan fingerprint density at radius 3 is 2.60 bits per heavy atom. The van der Waals surface area contributed by atoms with Crippen molar-refractivity contribution in [3.8, 4) is 0 Å². The van der Waals surface area contributed by atoms with Crippen molar-refractivity contribution in [2.24, 2.45) is 0 Å². The van der Waals surface area contributed by atoms with Crippen molar-refractivity contribution in [2.75, 3.05) is 29.5 Å². The third-order valence-electron chi connectivity index (χ3n) is 3.37. The second kappa shape index (κ2) is 6.39. The summed E-state index contributed by atoms with van der Waals surface area (Å²) in [6, 6.07) is 1.82. The van der Waals surface area contributed by atoms with E-state index in [-0.39, 0.29) is 5.25 Å². The Balaban J connectivity index is 2.00. The molecule has 1 atom stereocenters. The Bertz CT molecular complexity index is 559. The van der Waals surface area contributed by atoms with E-state index in [2.05, 4.69) is 27.5 Å². The van der Waals surface area contributed by atoms with Gasteiger partial charge < -0.3 is 10.6 Å². The zero-order chi connectivity index (χ0) is 14.6. The maximum absolute atomic E-state index is 11.8. The Labute approximate surface area is 120 Å². The lowest BCUT2D eigenvalue weighted by Gasteiger charge is -2.13. The van der Waals surface area contributed by atoms with Crippen LogP contribution in [0.5, 0.6) is 0 Å². The van der Waals surface area contributed by atoms with E-state index in [4.69, 9.17) is 0 Å². The van der Waals surface area contributed by atoms with Gasteiger partial charge in [-0.25, -0.2) is 18.4 Å². The highest BCUT2D eigenvalue weighted by atomic mass is 32.2. The average molecular weight is 298 g/mol. The van der Waals surface area contributed by atoms with Crippen molar-refractivity contribution in [1.29, 1.82) is 0 Å². The van der Waals surface area contributed by atoms with Gasteiger partial charge in [-0.2, -0.15) is 0 Å². The van der Waals surface area contributed by atoms with Gasteiger partial charge in [0.1, 0.15) is 17.5 Å². The molecule has 1 aromatic heterocycles. The number of nitrogens with one attached hydrogen (secondary N) is 2. The van der Waals surface area contributed by atoms with Gasteiger partial charge >= 0.3 is 0 Å². The van der Waals surface area contributed by atoms with E-state index in [1.165, 1.54) is 0 Å². The SMILES string of the molecule is CCCNc1cc(NCC2CCCS2(=O)=O)nc(C)n1. The summed E-state index contributed by atoms with van der Waals surface area (Å²) in [6.07, 6.45) is 2.52. The van der Waals surface area contributed by atoms with Crippen LogP contribution in [0.25, 0.3) is 0 Å². The molecule has 2 rings (SSSR count). The smallest absolute Gasteiger partial charge is 0.154 e. The van der Waals surface area contributed by atoms with Crippen LogP contribution < -0.4 is 10.6 Å². The molecule has 0 spiro atoms. The molecule has 112 valence electrons. The number of aryl methyl sites for hydroxylation is 1. The van der Waals surface area contributed by atoms with Crippen molar-refractivity contribution in [1.82, 2.24) is 9.97 Å². The molecule has 1 saturated heterocycles. The summed E-state index contributed by atoms with van der Waals surface area (Å²) in [6.45, 7) is 5.19. The topological polar surface area (TPSA) is 84.0 Å². The highest BCUT2D eigenvalue weighted by Gasteiger charge is 2.30. The minimum Gasteiger partial charge on any atom is -0.370 e. The summed E-state index contributed by atoms with van der Waals surface area (Å²) in [5, 5.41) is 6.05. The second-order valence-electron chi connectivity index (χ2n) is 5.12. The van der Waals surface area contributed by atoms with Gasteiger partial charge in [0.15, 0.2) is 9.84 Å². The maximum atomic E-state index is 11.8. The van der Waals surface area contributed by atoms with Gasteiger partial charge in [0, 0.05) is 19.2 Å². The highest BCUT2D eigenvalue weighted by Crippen LogP contribution is 2.20. The minimum absolute atomic E-state index is 0.287. The first-order chi connectivity index (χ1) is 9.51. The third kappa shape index (κ3) is 3.82. The molecular formula is C13H22N4O2S. The summed E-state index contributed by atoms with van der Waals surface area (Å²) in [7, 11) is -2.91. The molecule has 1 fully saturated rings. The fourth-order valence-electron chi connectivity index (χ4n) is 2.31. The van der Waals surface area contributed by atoms with Crippen LogP contribution in [-0.4, -0.2) is 42.5 Å². The lowest BCUT2D eigenvalue weighted by molar-refractivity contribution is 0.591. The Morgan fingerprint density at radius 2 is 2.00 bits per heavy atom. The maximum Gasteiger partial charge on any atom is 0.154 e. The van der Waals surface area contributed by atoms with Crippen molar-refractivity contribution in [3.63, 3.8) is 0 Å². The van der Waals surface area contributed by atoms with Gasteiger partial charge in [-0.3, -0.25) is 0 Å². The fraction of sp³-hybridized carbons (Fsp3) is 0.692. The Hall–Kier alpha value is -1.37. The normalized spacial score (nSPS) is 20.8. The molecule has 0 bridgehead atoms. The van der Waals surface area contributed by atoms with Gasteiger partial charge in [0.2, 0.25) is 0 Å². The molecule has 0 saturated carbocycles. The van der Waals surface area contributed by atoms with Crippen LogP contribution in [0.4, 0.5) is 11.6 Å². The van der Waals surface area contributed by atoms with Crippen LogP contribution in [0, 0.1) is 6.92 Å². The van der Waals surface area contributed by atoms with Crippen LogP contribution in [-0.2, 0) is 9.84 Å². The first-order valence-electron chi connectivity index (χ1n) is 7.06. The number of nitrogens with zero attached hydrogens (tertiary/aromatic N) is 2. The quantitative estimate of drug-likeness (QED) is 0.830. The van der Waals surface area contributed by atoms with Crippen LogP contribution >= 0.6 is 0 Å². The molecule has 2 heterocycles. The number of aromatic nitrogens is 2. The number of sulfone groups is 1. The van der Waals surface area contributed by atoms with E-state index < -0.39 is 9.84 Å². The molecule has 6 nitrogen and oxygen atoms in total. The number of hydrogen-bond donors (Lipinski definition) is 2. The molecule has 7 heteroatoms. The van der Waals surface area contributed by atoms with Crippen molar-refractivity contribution in [2.45, 2.75) is 38.4 Å². The monoisotopic (exact) mass is 298 g/mol. The van der Waals surface area contributed by atoms with Gasteiger partial charge in [-0.1, -0.05) is 6.92 Å². The lowest BCUT2D eigenvalue weighted by Crippen LogP contribution is -2.25. The van der Waals surface area contributed by atoms with Crippen molar-refractivity contribution >= 4 is 21.5 Å². The fourth-order valence-corrected chi connectivity index (χ4v) is 4.07. The molecular weight excluding hydrogens is 276 g/mol. The van der Waals surface area contributed by atoms with Crippen LogP contribution in [0.1, 0.15) is 32.0 Å². The third-order valence-corrected chi connectivity index (χ3v) is 5.64. The van der Waals surface area contributed by atoms with E-state index >= 15 is 0 Å². The summed E-state index contributed by atoms with van der Waals surface area (Å²) >= 11 is 0. The van der Waals surface area contributed by atoms with Gasteiger partial charge in [0.05, 0.1) is 11.0 Å². The van der Waals surface area contributed by atoms with Crippen LogP contribution in [0.3, 0.4) is 0 Å². The molecule has 1 aromatic rings. The average Bonchev–Trinajstić information content (AvgIpc) is 2.72. The molecule has 0 aromatic carbocycles. The second-order valence-corrected chi connectivity index (χ2v) is 7.53. The molecule has 1 aliphatic heterocycles. The van der Waals surface area contributed by atoms with Crippen LogP contribution in [0.15, 0.2) is 6.07 Å². The first-order valence-corrected chi connectivity index (χ1v) is 8.78. The highest BCUT2D eigenvalue weighted by molar-refractivity contribution is 7.92. The zero-order valence-electron chi connectivity index (χ0n) is 12.0. The van der Waals surface area contributed by atoms with Gasteiger partial charge in [-0.05, 0) is 26.2 Å². The van der Waals surface area contributed by atoms with Crippen LogP contribution in [0.2, 0.25) is 0 Å². The molecule has 0 aliphatic carbocycles. The summed E-state index contributed by atoms with van der Waals surface area (Å²) < 4.78 is 23.5. The predicted molar refractivity (Wildman–Crippen MR) is 80.8 cm³/mol. The number of rotatable bonds is 6. The molecule has 0 amide bonds. The largest absolute Gasteiger partial charge is 0.370 e. The van der Waals surface area contributed by atoms with Gasteiger partial charge in [0.25, 0.3) is 0 Å². The molecule has 1 unspecified atom stereocenters. The van der Waals surface area contributed by atoms with E-state index in [9.17, 15) is 8.42 Å². The Morgan fingerprint density at radius 1 is 1.30 bits per heavy atom.